The number of hydrazone groups is 1. The summed E-state index contributed by atoms with van der Waals surface area (Å²) < 4.78 is 5.08. The SMILES string of the molecule is COc1ccc(C(=O)N/N=C2/C(=O)N(CC3CC3)c3ccccc32)cc1. The van der Waals surface area contributed by atoms with Gasteiger partial charge in [0, 0.05) is 17.7 Å². The average molecular weight is 349 g/mol. The molecule has 0 radical (unpaired) electrons. The second kappa shape index (κ2) is 6.63. The summed E-state index contributed by atoms with van der Waals surface area (Å²) in [6.07, 6.45) is 2.32. The highest BCUT2D eigenvalue weighted by molar-refractivity contribution is 6.54. The summed E-state index contributed by atoms with van der Waals surface area (Å²) in [6, 6.07) is 14.3. The number of rotatable bonds is 5. The highest BCUT2D eigenvalue weighted by Gasteiger charge is 2.37. The topological polar surface area (TPSA) is 71.0 Å². The van der Waals surface area contributed by atoms with Gasteiger partial charge in [0.1, 0.15) is 5.75 Å². The van der Waals surface area contributed by atoms with Crippen molar-refractivity contribution >= 4 is 23.2 Å². The molecule has 2 aromatic carbocycles. The van der Waals surface area contributed by atoms with Gasteiger partial charge in [0.15, 0.2) is 5.71 Å². The van der Waals surface area contributed by atoms with Crippen molar-refractivity contribution in [3.8, 4) is 5.75 Å². The van der Waals surface area contributed by atoms with Gasteiger partial charge in [-0.2, -0.15) is 5.10 Å². The molecule has 0 atom stereocenters. The van der Waals surface area contributed by atoms with E-state index in [1.165, 1.54) is 0 Å². The fourth-order valence-corrected chi connectivity index (χ4v) is 3.02. The molecule has 0 saturated heterocycles. The first kappa shape index (κ1) is 16.3. The molecule has 2 aliphatic rings. The van der Waals surface area contributed by atoms with Crippen LogP contribution in [-0.2, 0) is 4.79 Å². The molecule has 1 aliphatic carbocycles. The van der Waals surface area contributed by atoms with Gasteiger partial charge in [-0.3, -0.25) is 9.59 Å². The largest absolute Gasteiger partial charge is 0.497 e. The summed E-state index contributed by atoms with van der Waals surface area (Å²) >= 11 is 0. The lowest BCUT2D eigenvalue weighted by molar-refractivity contribution is -0.112. The number of nitrogens with one attached hydrogen (secondary N) is 1. The molecule has 1 heterocycles. The van der Waals surface area contributed by atoms with Crippen LogP contribution >= 0.6 is 0 Å². The molecule has 4 rings (SSSR count). The molecular weight excluding hydrogens is 330 g/mol. The molecule has 1 fully saturated rings. The maximum atomic E-state index is 12.8. The van der Waals surface area contributed by atoms with Crippen LogP contribution in [0.4, 0.5) is 5.69 Å². The molecular formula is C20H19N3O3. The number of benzene rings is 2. The predicted octanol–water partition coefficient (Wildman–Crippen LogP) is 2.59. The van der Waals surface area contributed by atoms with Gasteiger partial charge in [0.05, 0.1) is 12.8 Å². The summed E-state index contributed by atoms with van der Waals surface area (Å²) in [6.45, 7) is 0.710. The van der Waals surface area contributed by atoms with Crippen LogP contribution in [0, 0.1) is 5.92 Å². The third kappa shape index (κ3) is 3.06. The monoisotopic (exact) mass is 349 g/mol. The predicted molar refractivity (Wildman–Crippen MR) is 98.5 cm³/mol. The molecule has 2 amide bonds. The second-order valence-corrected chi connectivity index (χ2v) is 6.51. The van der Waals surface area contributed by atoms with Crippen LogP contribution in [0.2, 0.25) is 0 Å². The normalized spacial score (nSPS) is 17.3. The molecule has 132 valence electrons. The molecule has 6 nitrogen and oxygen atoms in total. The zero-order valence-corrected chi connectivity index (χ0v) is 14.4. The minimum Gasteiger partial charge on any atom is -0.497 e. The Morgan fingerprint density at radius 3 is 2.62 bits per heavy atom. The summed E-state index contributed by atoms with van der Waals surface area (Å²) in [5, 5.41) is 4.14. The Hall–Kier alpha value is -3.15. The Morgan fingerprint density at radius 1 is 1.19 bits per heavy atom. The highest BCUT2D eigenvalue weighted by atomic mass is 16.5. The van der Waals surface area contributed by atoms with Crippen molar-refractivity contribution in [3.05, 3.63) is 59.7 Å². The zero-order valence-electron chi connectivity index (χ0n) is 14.4. The fraction of sp³-hybridized carbons (Fsp3) is 0.250. The number of hydrogen-bond acceptors (Lipinski definition) is 4. The van der Waals surface area contributed by atoms with Gasteiger partial charge in [-0.1, -0.05) is 18.2 Å². The summed E-state index contributed by atoms with van der Waals surface area (Å²) in [5.41, 5.74) is 4.85. The maximum absolute atomic E-state index is 12.8. The van der Waals surface area contributed by atoms with Crippen LogP contribution in [0.25, 0.3) is 0 Å². The van der Waals surface area contributed by atoms with E-state index in [0.29, 0.717) is 23.8 Å². The number of ether oxygens (including phenoxy) is 1. The van der Waals surface area contributed by atoms with Crippen molar-refractivity contribution in [1.82, 2.24) is 5.43 Å². The molecule has 2 aromatic rings. The van der Waals surface area contributed by atoms with E-state index < -0.39 is 0 Å². The number of fused-ring (bicyclic) bond motifs is 1. The van der Waals surface area contributed by atoms with E-state index >= 15 is 0 Å². The van der Waals surface area contributed by atoms with Crippen molar-refractivity contribution in [2.45, 2.75) is 12.8 Å². The van der Waals surface area contributed by atoms with Crippen LogP contribution < -0.4 is 15.1 Å². The molecule has 0 aromatic heterocycles. The van der Waals surface area contributed by atoms with Crippen LogP contribution in [0.15, 0.2) is 53.6 Å². The number of anilines is 1. The van der Waals surface area contributed by atoms with Gasteiger partial charge in [-0.25, -0.2) is 5.43 Å². The van der Waals surface area contributed by atoms with E-state index in [2.05, 4.69) is 10.5 Å². The Kier molecular flexibility index (Phi) is 4.16. The van der Waals surface area contributed by atoms with Crippen LogP contribution in [-0.4, -0.2) is 31.2 Å². The average Bonchev–Trinajstić information content (AvgIpc) is 3.46. The number of carbonyl (C=O) groups excluding carboxylic acids is 2. The molecule has 1 aliphatic heterocycles. The van der Waals surface area contributed by atoms with Crippen molar-refractivity contribution < 1.29 is 14.3 Å². The number of para-hydroxylation sites is 1. The lowest BCUT2D eigenvalue weighted by Crippen LogP contribution is -2.33. The highest BCUT2D eigenvalue weighted by Crippen LogP contribution is 2.35. The Bertz CT molecular complexity index is 885. The third-order valence-electron chi connectivity index (χ3n) is 4.66. The first-order chi connectivity index (χ1) is 12.7. The van der Waals surface area contributed by atoms with Crippen LogP contribution in [0.5, 0.6) is 5.75 Å². The van der Waals surface area contributed by atoms with E-state index in [-0.39, 0.29) is 17.5 Å². The number of nitrogens with zero attached hydrogens (tertiary/aromatic N) is 2. The van der Waals surface area contributed by atoms with Crippen molar-refractivity contribution in [2.75, 3.05) is 18.6 Å². The van der Waals surface area contributed by atoms with E-state index in [1.807, 2.05) is 24.3 Å². The van der Waals surface area contributed by atoms with E-state index in [9.17, 15) is 9.59 Å². The van der Waals surface area contributed by atoms with Crippen LogP contribution in [0.3, 0.4) is 0 Å². The van der Waals surface area contributed by atoms with Gasteiger partial charge in [0.25, 0.3) is 11.8 Å². The minimum absolute atomic E-state index is 0.159. The van der Waals surface area contributed by atoms with E-state index in [4.69, 9.17) is 4.74 Å². The molecule has 1 N–H and O–H groups in total. The van der Waals surface area contributed by atoms with E-state index in [1.54, 1.807) is 36.3 Å². The molecule has 26 heavy (non-hydrogen) atoms. The summed E-state index contributed by atoms with van der Waals surface area (Å²) in [7, 11) is 1.57. The minimum atomic E-state index is -0.369. The molecule has 0 bridgehead atoms. The Labute approximate surface area is 151 Å². The Morgan fingerprint density at radius 2 is 1.92 bits per heavy atom. The number of amides is 2. The first-order valence-corrected chi connectivity index (χ1v) is 8.60. The second-order valence-electron chi connectivity index (χ2n) is 6.51. The zero-order chi connectivity index (χ0) is 18.1. The Balaban J connectivity index is 1.55. The van der Waals surface area contributed by atoms with Crippen molar-refractivity contribution in [2.24, 2.45) is 11.0 Å². The smallest absolute Gasteiger partial charge is 0.279 e. The van der Waals surface area contributed by atoms with Crippen LogP contribution in [0.1, 0.15) is 28.8 Å². The standard InChI is InChI=1S/C20H19N3O3/c1-26-15-10-8-14(9-11-15)19(24)22-21-18-16-4-2-3-5-17(16)23(20(18)25)12-13-6-7-13/h2-5,8-11,13H,6-7,12H2,1H3,(H,22,24)/b21-18+. The third-order valence-corrected chi connectivity index (χ3v) is 4.66. The molecule has 6 heteroatoms. The molecule has 0 spiro atoms. The van der Waals surface area contributed by atoms with Gasteiger partial charge >= 0.3 is 0 Å². The van der Waals surface area contributed by atoms with Gasteiger partial charge in [-0.05, 0) is 49.1 Å². The van der Waals surface area contributed by atoms with Gasteiger partial charge in [-0.15, -0.1) is 0 Å². The van der Waals surface area contributed by atoms with Crippen molar-refractivity contribution in [1.29, 1.82) is 0 Å². The molecule has 0 unspecified atom stereocenters. The lowest BCUT2D eigenvalue weighted by Gasteiger charge is -2.15. The van der Waals surface area contributed by atoms with Gasteiger partial charge < -0.3 is 9.64 Å². The number of carbonyl (C=O) groups is 2. The molecule has 1 saturated carbocycles. The number of hydrogen-bond donors (Lipinski definition) is 1. The lowest BCUT2D eigenvalue weighted by atomic mass is 10.1. The van der Waals surface area contributed by atoms with E-state index in [0.717, 1.165) is 24.1 Å². The summed E-state index contributed by atoms with van der Waals surface area (Å²) in [4.78, 5) is 26.9. The fourth-order valence-electron chi connectivity index (χ4n) is 3.02. The van der Waals surface area contributed by atoms with Gasteiger partial charge in [0.2, 0.25) is 0 Å². The number of methoxy groups -OCH3 is 1. The van der Waals surface area contributed by atoms with Crippen molar-refractivity contribution in [3.63, 3.8) is 0 Å². The first-order valence-electron chi connectivity index (χ1n) is 8.60. The maximum Gasteiger partial charge on any atom is 0.279 e. The quantitative estimate of drug-likeness (QED) is 0.844. The summed E-state index contributed by atoms with van der Waals surface area (Å²) in [5.74, 6) is 0.711.